The zero-order chi connectivity index (χ0) is 17.3. The molecule has 2 heterocycles. The van der Waals surface area contributed by atoms with Crippen molar-refractivity contribution in [1.29, 1.82) is 0 Å². The molecule has 0 bridgehead atoms. The summed E-state index contributed by atoms with van der Waals surface area (Å²) in [6.45, 7) is 7.82. The van der Waals surface area contributed by atoms with Crippen molar-refractivity contribution in [2.45, 2.75) is 52.1 Å². The molecular formula is C18H21F3N2. The summed E-state index contributed by atoms with van der Waals surface area (Å²) in [6.07, 6.45) is -3.06. The van der Waals surface area contributed by atoms with Gasteiger partial charge in [-0.3, -0.25) is 4.98 Å². The molecule has 0 aromatic carbocycles. The van der Waals surface area contributed by atoms with Crippen LogP contribution in [0.15, 0.2) is 30.3 Å². The Balaban J connectivity index is 2.33. The number of rotatable bonds is 4. The standard InChI is InChI=1S/C18H21F3N2/c1-5-13-9-12(2)10-14(22-13)11-17(3,4)15-7-6-8-16(23-15)18(19,20)21/h6-10H,5,11H2,1-4H3. The molecule has 0 saturated carbocycles. The van der Waals surface area contributed by atoms with Gasteiger partial charge in [-0.15, -0.1) is 0 Å². The average Bonchev–Trinajstić information content (AvgIpc) is 2.45. The van der Waals surface area contributed by atoms with Crippen molar-refractivity contribution in [3.63, 3.8) is 0 Å². The average molecular weight is 322 g/mol. The molecule has 23 heavy (non-hydrogen) atoms. The first-order valence-corrected chi connectivity index (χ1v) is 7.63. The van der Waals surface area contributed by atoms with Crippen LogP contribution in [0, 0.1) is 6.92 Å². The van der Waals surface area contributed by atoms with Crippen molar-refractivity contribution in [3.05, 3.63) is 58.7 Å². The number of nitrogens with zero attached hydrogens (tertiary/aromatic N) is 2. The van der Waals surface area contributed by atoms with Gasteiger partial charge in [0.2, 0.25) is 0 Å². The van der Waals surface area contributed by atoms with E-state index in [-0.39, 0.29) is 0 Å². The van der Waals surface area contributed by atoms with E-state index in [2.05, 4.69) is 9.97 Å². The van der Waals surface area contributed by atoms with E-state index in [1.165, 1.54) is 6.07 Å². The van der Waals surface area contributed by atoms with E-state index in [4.69, 9.17) is 0 Å². The Hall–Kier alpha value is -1.91. The van der Waals surface area contributed by atoms with E-state index in [1.807, 2.05) is 39.8 Å². The summed E-state index contributed by atoms with van der Waals surface area (Å²) in [6, 6.07) is 8.06. The fourth-order valence-corrected chi connectivity index (χ4v) is 2.60. The van der Waals surface area contributed by atoms with E-state index in [0.29, 0.717) is 12.1 Å². The monoisotopic (exact) mass is 322 g/mol. The van der Waals surface area contributed by atoms with Crippen LogP contribution in [0.1, 0.15) is 49.1 Å². The van der Waals surface area contributed by atoms with Gasteiger partial charge in [0, 0.05) is 28.9 Å². The fraction of sp³-hybridized carbons (Fsp3) is 0.444. The van der Waals surface area contributed by atoms with Crippen LogP contribution in [0.3, 0.4) is 0 Å². The SMILES string of the molecule is CCc1cc(C)cc(CC(C)(C)c2cccc(C(F)(F)F)n2)n1. The van der Waals surface area contributed by atoms with E-state index < -0.39 is 17.3 Å². The Bertz CT molecular complexity index is 691. The summed E-state index contributed by atoms with van der Waals surface area (Å²) in [5.74, 6) is 0. The molecule has 0 aliphatic rings. The lowest BCUT2D eigenvalue weighted by Crippen LogP contribution is -2.24. The molecule has 0 saturated heterocycles. The highest BCUT2D eigenvalue weighted by Gasteiger charge is 2.34. The van der Waals surface area contributed by atoms with Crippen molar-refractivity contribution in [2.24, 2.45) is 0 Å². The van der Waals surface area contributed by atoms with Crippen LogP contribution in [0.4, 0.5) is 13.2 Å². The van der Waals surface area contributed by atoms with E-state index in [1.54, 1.807) is 6.07 Å². The first-order chi connectivity index (χ1) is 10.6. The lowest BCUT2D eigenvalue weighted by atomic mass is 9.83. The molecule has 0 spiro atoms. The minimum Gasteiger partial charge on any atom is -0.258 e. The zero-order valence-corrected chi connectivity index (χ0v) is 13.8. The van der Waals surface area contributed by atoms with Crippen LogP contribution < -0.4 is 0 Å². The van der Waals surface area contributed by atoms with E-state index in [9.17, 15) is 13.2 Å². The Morgan fingerprint density at radius 2 is 1.57 bits per heavy atom. The third-order valence-corrected chi connectivity index (χ3v) is 3.79. The van der Waals surface area contributed by atoms with E-state index >= 15 is 0 Å². The molecule has 2 nitrogen and oxygen atoms in total. The summed E-state index contributed by atoms with van der Waals surface area (Å²) < 4.78 is 38.6. The Morgan fingerprint density at radius 1 is 0.957 bits per heavy atom. The fourth-order valence-electron chi connectivity index (χ4n) is 2.60. The largest absolute Gasteiger partial charge is 0.433 e. The predicted octanol–water partition coefficient (Wildman–Crippen LogP) is 4.89. The van der Waals surface area contributed by atoms with Gasteiger partial charge in [-0.05, 0) is 43.2 Å². The van der Waals surface area contributed by atoms with Crippen molar-refractivity contribution < 1.29 is 13.2 Å². The molecule has 2 aromatic heterocycles. The Labute approximate surface area is 134 Å². The van der Waals surface area contributed by atoms with Gasteiger partial charge in [0.05, 0.1) is 0 Å². The van der Waals surface area contributed by atoms with Crippen molar-refractivity contribution >= 4 is 0 Å². The third-order valence-electron chi connectivity index (χ3n) is 3.79. The minimum absolute atomic E-state index is 0.425. The van der Waals surface area contributed by atoms with Crippen molar-refractivity contribution in [1.82, 2.24) is 9.97 Å². The normalized spacial score (nSPS) is 12.5. The van der Waals surface area contributed by atoms with Crippen LogP contribution in [-0.2, 0) is 24.4 Å². The predicted molar refractivity (Wildman–Crippen MR) is 84.3 cm³/mol. The molecule has 2 aromatic rings. The van der Waals surface area contributed by atoms with Gasteiger partial charge >= 0.3 is 6.18 Å². The highest BCUT2D eigenvalue weighted by atomic mass is 19.4. The molecule has 0 aliphatic carbocycles. The number of alkyl halides is 3. The molecule has 0 radical (unpaired) electrons. The highest BCUT2D eigenvalue weighted by molar-refractivity contribution is 5.26. The number of aromatic nitrogens is 2. The van der Waals surface area contributed by atoms with Crippen LogP contribution in [0.5, 0.6) is 0 Å². The maximum Gasteiger partial charge on any atom is 0.433 e. The quantitative estimate of drug-likeness (QED) is 0.801. The lowest BCUT2D eigenvalue weighted by molar-refractivity contribution is -0.141. The first kappa shape index (κ1) is 17.4. The maximum absolute atomic E-state index is 12.9. The van der Waals surface area contributed by atoms with Crippen LogP contribution >= 0.6 is 0 Å². The van der Waals surface area contributed by atoms with Crippen LogP contribution in [0.25, 0.3) is 0 Å². The Morgan fingerprint density at radius 3 is 2.17 bits per heavy atom. The first-order valence-electron chi connectivity index (χ1n) is 7.63. The molecule has 0 N–H and O–H groups in total. The zero-order valence-electron chi connectivity index (χ0n) is 13.8. The lowest BCUT2D eigenvalue weighted by Gasteiger charge is -2.25. The summed E-state index contributed by atoms with van der Waals surface area (Å²) in [5, 5.41) is 0. The van der Waals surface area contributed by atoms with Gasteiger partial charge in [-0.2, -0.15) is 13.2 Å². The molecule has 2 rings (SSSR count). The van der Waals surface area contributed by atoms with Gasteiger partial charge in [0.1, 0.15) is 5.69 Å². The summed E-state index contributed by atoms with van der Waals surface area (Å²) in [7, 11) is 0. The molecule has 5 heteroatoms. The molecule has 124 valence electrons. The van der Waals surface area contributed by atoms with Gasteiger partial charge in [0.15, 0.2) is 0 Å². The van der Waals surface area contributed by atoms with E-state index in [0.717, 1.165) is 29.4 Å². The highest BCUT2D eigenvalue weighted by Crippen LogP contribution is 2.31. The van der Waals surface area contributed by atoms with Crippen molar-refractivity contribution in [2.75, 3.05) is 0 Å². The number of aryl methyl sites for hydroxylation is 2. The second-order valence-electron chi connectivity index (χ2n) is 6.45. The van der Waals surface area contributed by atoms with Crippen LogP contribution in [-0.4, -0.2) is 9.97 Å². The van der Waals surface area contributed by atoms with Gasteiger partial charge in [-0.1, -0.05) is 26.8 Å². The van der Waals surface area contributed by atoms with Gasteiger partial charge in [0.25, 0.3) is 0 Å². The number of hydrogen-bond donors (Lipinski definition) is 0. The topological polar surface area (TPSA) is 25.8 Å². The number of pyridine rings is 2. The second kappa shape index (κ2) is 6.30. The van der Waals surface area contributed by atoms with Crippen molar-refractivity contribution in [3.8, 4) is 0 Å². The molecule has 0 fully saturated rings. The smallest absolute Gasteiger partial charge is 0.258 e. The molecule has 0 amide bonds. The summed E-state index contributed by atoms with van der Waals surface area (Å²) in [5.41, 5.74) is 2.02. The number of hydrogen-bond acceptors (Lipinski definition) is 2. The molecular weight excluding hydrogens is 301 g/mol. The molecule has 0 aliphatic heterocycles. The minimum atomic E-state index is -4.43. The maximum atomic E-state index is 12.9. The third kappa shape index (κ3) is 4.30. The van der Waals surface area contributed by atoms with Gasteiger partial charge < -0.3 is 0 Å². The second-order valence-corrected chi connectivity index (χ2v) is 6.45. The molecule has 0 unspecified atom stereocenters. The summed E-state index contributed by atoms with van der Waals surface area (Å²) >= 11 is 0. The Kier molecular flexibility index (Phi) is 4.78. The number of halogens is 3. The summed E-state index contributed by atoms with van der Waals surface area (Å²) in [4.78, 5) is 8.41. The molecule has 0 atom stereocenters. The van der Waals surface area contributed by atoms with Gasteiger partial charge in [-0.25, -0.2) is 4.98 Å². The van der Waals surface area contributed by atoms with Crippen LogP contribution in [0.2, 0.25) is 0 Å².